The van der Waals surface area contributed by atoms with Crippen molar-refractivity contribution in [2.75, 3.05) is 6.54 Å². The molecule has 1 aromatic rings. The lowest BCUT2D eigenvalue weighted by atomic mass is 10.2. The molecule has 0 radical (unpaired) electrons. The van der Waals surface area contributed by atoms with Gasteiger partial charge in [0.2, 0.25) is 10.0 Å². The lowest BCUT2D eigenvalue weighted by molar-refractivity contribution is 0.198. The molecule has 0 saturated carbocycles. The Bertz CT molecular complexity index is 386. The molecule has 4 nitrogen and oxygen atoms in total. The van der Waals surface area contributed by atoms with E-state index in [1.54, 1.807) is 24.3 Å². The zero-order valence-corrected chi connectivity index (χ0v) is 9.37. The molecule has 2 N–H and O–H groups in total. The van der Waals surface area contributed by atoms with E-state index in [1.807, 2.05) is 6.07 Å². The average molecular weight is 229 g/mol. The number of rotatable bonds is 5. The van der Waals surface area contributed by atoms with Crippen LogP contribution in [0.4, 0.5) is 0 Å². The Balaban J connectivity index is 2.57. The van der Waals surface area contributed by atoms with Crippen molar-refractivity contribution in [3.63, 3.8) is 0 Å². The Labute approximate surface area is 90.0 Å². The molecular weight excluding hydrogens is 214 g/mol. The largest absolute Gasteiger partial charge is 0.392 e. The van der Waals surface area contributed by atoms with Crippen LogP contribution in [0.5, 0.6) is 0 Å². The number of sulfonamides is 1. The maximum absolute atomic E-state index is 11.5. The summed E-state index contributed by atoms with van der Waals surface area (Å²) in [6.45, 7) is 1.58. The summed E-state index contributed by atoms with van der Waals surface area (Å²) in [5, 5.41) is 8.95. The second-order valence-corrected chi connectivity index (χ2v) is 5.25. The Kier molecular flexibility index (Phi) is 4.26. The van der Waals surface area contributed by atoms with Crippen LogP contribution in [0.2, 0.25) is 0 Å². The van der Waals surface area contributed by atoms with Gasteiger partial charge in [0.15, 0.2) is 0 Å². The molecule has 0 fully saturated rings. The number of nitrogens with one attached hydrogen (secondary N) is 1. The second kappa shape index (κ2) is 5.25. The fourth-order valence-corrected chi connectivity index (χ4v) is 2.32. The Morgan fingerprint density at radius 1 is 1.33 bits per heavy atom. The summed E-state index contributed by atoms with van der Waals surface area (Å²) in [5.41, 5.74) is 0.732. The van der Waals surface area contributed by atoms with Crippen LogP contribution in [0, 0.1) is 0 Å². The van der Waals surface area contributed by atoms with Gasteiger partial charge in [0.1, 0.15) is 0 Å². The van der Waals surface area contributed by atoms with Gasteiger partial charge in [-0.05, 0) is 12.5 Å². The summed E-state index contributed by atoms with van der Waals surface area (Å²) in [6, 6.07) is 8.92. The molecule has 1 atom stereocenters. The van der Waals surface area contributed by atoms with Gasteiger partial charge >= 0.3 is 0 Å². The van der Waals surface area contributed by atoms with Gasteiger partial charge in [-0.15, -0.1) is 0 Å². The van der Waals surface area contributed by atoms with Gasteiger partial charge in [-0.25, -0.2) is 13.1 Å². The first-order valence-electron chi connectivity index (χ1n) is 4.69. The number of aliphatic hydroxyl groups excluding tert-OH is 1. The van der Waals surface area contributed by atoms with E-state index in [4.69, 9.17) is 5.11 Å². The van der Waals surface area contributed by atoms with Crippen molar-refractivity contribution in [1.29, 1.82) is 0 Å². The SMILES string of the molecule is C[C@H](O)CNS(=O)(=O)Cc1ccccc1. The van der Waals surface area contributed by atoms with Gasteiger partial charge in [-0.2, -0.15) is 0 Å². The predicted molar refractivity (Wildman–Crippen MR) is 58.7 cm³/mol. The van der Waals surface area contributed by atoms with Crippen molar-refractivity contribution in [1.82, 2.24) is 4.72 Å². The van der Waals surface area contributed by atoms with Gasteiger partial charge < -0.3 is 5.11 Å². The van der Waals surface area contributed by atoms with Gasteiger partial charge in [0, 0.05) is 6.54 Å². The topological polar surface area (TPSA) is 66.4 Å². The summed E-state index contributed by atoms with van der Waals surface area (Å²) in [7, 11) is -3.34. The van der Waals surface area contributed by atoms with E-state index in [0.29, 0.717) is 0 Å². The van der Waals surface area contributed by atoms with Crippen LogP contribution < -0.4 is 4.72 Å². The van der Waals surface area contributed by atoms with E-state index in [1.165, 1.54) is 6.92 Å². The molecule has 5 heteroatoms. The molecule has 1 rings (SSSR count). The number of hydrogen-bond donors (Lipinski definition) is 2. The lowest BCUT2D eigenvalue weighted by Gasteiger charge is -2.08. The fraction of sp³-hybridized carbons (Fsp3) is 0.400. The molecule has 1 aromatic carbocycles. The Morgan fingerprint density at radius 3 is 2.47 bits per heavy atom. The van der Waals surface area contributed by atoms with Crippen molar-refractivity contribution in [3.05, 3.63) is 35.9 Å². The fourth-order valence-electron chi connectivity index (χ4n) is 1.09. The van der Waals surface area contributed by atoms with Crippen molar-refractivity contribution < 1.29 is 13.5 Å². The molecule has 0 aliphatic carbocycles. The summed E-state index contributed by atoms with van der Waals surface area (Å²) < 4.78 is 25.3. The van der Waals surface area contributed by atoms with Gasteiger partial charge in [-0.1, -0.05) is 30.3 Å². The van der Waals surface area contributed by atoms with Crippen LogP contribution in [0.25, 0.3) is 0 Å². The number of hydrogen-bond acceptors (Lipinski definition) is 3. The highest BCUT2D eigenvalue weighted by molar-refractivity contribution is 7.88. The minimum Gasteiger partial charge on any atom is -0.392 e. The van der Waals surface area contributed by atoms with E-state index in [-0.39, 0.29) is 12.3 Å². The van der Waals surface area contributed by atoms with E-state index >= 15 is 0 Å². The summed E-state index contributed by atoms with van der Waals surface area (Å²) in [4.78, 5) is 0. The lowest BCUT2D eigenvalue weighted by Crippen LogP contribution is -2.31. The minimum absolute atomic E-state index is 0.0508. The van der Waals surface area contributed by atoms with Crippen LogP contribution in [0.15, 0.2) is 30.3 Å². The van der Waals surface area contributed by atoms with Crippen LogP contribution in [-0.2, 0) is 15.8 Å². The third-order valence-corrected chi connectivity index (χ3v) is 3.12. The second-order valence-electron chi connectivity index (χ2n) is 3.44. The predicted octanol–water partition coefficient (Wildman–Crippen LogP) is 0.487. The highest BCUT2D eigenvalue weighted by Gasteiger charge is 2.11. The van der Waals surface area contributed by atoms with Gasteiger partial charge in [0.25, 0.3) is 0 Å². The van der Waals surface area contributed by atoms with E-state index in [0.717, 1.165) is 5.56 Å². The highest BCUT2D eigenvalue weighted by Crippen LogP contribution is 2.03. The maximum Gasteiger partial charge on any atom is 0.215 e. The first kappa shape index (κ1) is 12.2. The van der Waals surface area contributed by atoms with Gasteiger partial charge in [-0.3, -0.25) is 0 Å². The zero-order chi connectivity index (χ0) is 11.3. The van der Waals surface area contributed by atoms with Crippen molar-refractivity contribution in [3.8, 4) is 0 Å². The molecule has 15 heavy (non-hydrogen) atoms. The molecule has 0 unspecified atom stereocenters. The maximum atomic E-state index is 11.5. The van der Waals surface area contributed by atoms with Crippen LogP contribution in [-0.4, -0.2) is 26.2 Å². The van der Waals surface area contributed by atoms with Crippen molar-refractivity contribution in [2.45, 2.75) is 18.8 Å². The van der Waals surface area contributed by atoms with Crippen molar-refractivity contribution >= 4 is 10.0 Å². The smallest absolute Gasteiger partial charge is 0.215 e. The van der Waals surface area contributed by atoms with Crippen LogP contribution in [0.3, 0.4) is 0 Å². The van der Waals surface area contributed by atoms with E-state index in [2.05, 4.69) is 4.72 Å². The minimum atomic E-state index is -3.34. The van der Waals surface area contributed by atoms with E-state index < -0.39 is 16.1 Å². The quantitative estimate of drug-likeness (QED) is 0.772. The van der Waals surface area contributed by atoms with Crippen LogP contribution >= 0.6 is 0 Å². The number of aliphatic hydroxyl groups is 1. The van der Waals surface area contributed by atoms with Crippen molar-refractivity contribution in [2.24, 2.45) is 0 Å². The molecular formula is C10H15NO3S. The highest BCUT2D eigenvalue weighted by atomic mass is 32.2. The monoisotopic (exact) mass is 229 g/mol. The average Bonchev–Trinajstić information content (AvgIpc) is 2.16. The molecule has 84 valence electrons. The molecule has 0 heterocycles. The normalized spacial score (nSPS) is 13.7. The molecule has 0 amide bonds. The molecule has 0 aliphatic heterocycles. The first-order chi connectivity index (χ1) is 6.99. The van der Waals surface area contributed by atoms with E-state index in [9.17, 15) is 8.42 Å². The summed E-state index contributed by atoms with van der Waals surface area (Å²) in [5.74, 6) is -0.0550. The van der Waals surface area contributed by atoms with Crippen LogP contribution in [0.1, 0.15) is 12.5 Å². The molecule has 0 aromatic heterocycles. The summed E-state index contributed by atoms with van der Waals surface area (Å²) >= 11 is 0. The number of benzene rings is 1. The molecule has 0 spiro atoms. The third-order valence-electron chi connectivity index (χ3n) is 1.80. The molecule has 0 aliphatic rings. The first-order valence-corrected chi connectivity index (χ1v) is 6.34. The third kappa shape index (κ3) is 4.92. The molecule has 0 bridgehead atoms. The zero-order valence-electron chi connectivity index (χ0n) is 8.55. The molecule has 0 saturated heterocycles. The van der Waals surface area contributed by atoms with Gasteiger partial charge in [0.05, 0.1) is 11.9 Å². The Hall–Kier alpha value is -0.910. The standard InChI is InChI=1S/C10H15NO3S/c1-9(12)7-11-15(13,14)8-10-5-3-2-4-6-10/h2-6,9,11-12H,7-8H2,1H3/t9-/m0/s1. The summed E-state index contributed by atoms with van der Waals surface area (Å²) in [6.07, 6.45) is -0.671. The Morgan fingerprint density at radius 2 is 1.93 bits per heavy atom.